The second kappa shape index (κ2) is 15.2. The molecule has 2 aliphatic carbocycles. The zero-order valence-electron chi connectivity index (χ0n) is 36.8. The van der Waals surface area contributed by atoms with Gasteiger partial charge in [0.25, 0.3) is 0 Å². The normalized spacial score (nSPS) is 12.8. The lowest BCUT2D eigenvalue weighted by molar-refractivity contribution is 0.794. The molecule has 0 atom stereocenters. The van der Waals surface area contributed by atoms with E-state index in [1.807, 2.05) is 72.0 Å². The molecule has 0 radical (unpaired) electrons. The van der Waals surface area contributed by atoms with E-state index < -0.39 is 5.41 Å². The molecule has 3 nitrogen and oxygen atoms in total. The van der Waals surface area contributed by atoms with Crippen LogP contribution < -0.4 is 0 Å². The van der Waals surface area contributed by atoms with Crippen molar-refractivity contribution in [1.29, 1.82) is 0 Å². The number of fused-ring (bicyclic) bond motifs is 13. The smallest absolute Gasteiger partial charge is 0.164 e. The molecule has 12 aromatic rings. The third-order valence-corrected chi connectivity index (χ3v) is 15.3. The molecule has 10 aromatic carbocycles. The van der Waals surface area contributed by atoms with Gasteiger partial charge >= 0.3 is 0 Å². The van der Waals surface area contributed by atoms with Crippen molar-refractivity contribution in [2.45, 2.75) is 5.41 Å². The first-order valence-corrected chi connectivity index (χ1v) is 24.0. The molecule has 2 aromatic heterocycles. The van der Waals surface area contributed by atoms with E-state index in [1.165, 1.54) is 86.9 Å². The Morgan fingerprint density at radius 3 is 1.24 bits per heavy atom. The second-order valence-electron chi connectivity index (χ2n) is 17.8. The Morgan fingerprint density at radius 1 is 0.250 bits per heavy atom. The van der Waals surface area contributed by atoms with Gasteiger partial charge in [0, 0.05) is 36.9 Å². The average molecular weight is 882 g/mol. The highest BCUT2D eigenvalue weighted by Crippen LogP contribution is 2.63. The lowest BCUT2D eigenvalue weighted by atomic mass is 9.70. The fourth-order valence-electron chi connectivity index (χ4n) is 11.1. The van der Waals surface area contributed by atoms with Gasteiger partial charge in [-0.3, -0.25) is 0 Å². The standard InChI is InChI=1S/C64H39N3S/c1-3-15-43(16-4-1)61-65-62(44-17-5-2-6-18-44)67-63(66-61)45-33-29-41(30-34-45)40-27-31-42(32-28-40)53-39-58-54(38-52(53)46-35-36-51-50-22-10-14-26-59(50)68-60(51)37-46)49-21-9-13-25-57(49)64(58)55-23-11-7-19-47(55)48-20-8-12-24-56(48)64/h1-39H. The van der Waals surface area contributed by atoms with Gasteiger partial charge < -0.3 is 0 Å². The predicted molar refractivity (Wildman–Crippen MR) is 282 cm³/mol. The highest BCUT2D eigenvalue weighted by molar-refractivity contribution is 7.25. The Hall–Kier alpha value is -8.57. The maximum absolute atomic E-state index is 4.98. The number of hydrogen-bond donors (Lipinski definition) is 0. The van der Waals surface area contributed by atoms with Crippen LogP contribution in [0, 0.1) is 0 Å². The molecule has 0 N–H and O–H groups in total. The highest BCUT2D eigenvalue weighted by atomic mass is 32.1. The summed E-state index contributed by atoms with van der Waals surface area (Å²) in [5.41, 5.74) is 20.1. The summed E-state index contributed by atoms with van der Waals surface area (Å²) in [6.07, 6.45) is 0. The summed E-state index contributed by atoms with van der Waals surface area (Å²) in [5.74, 6) is 1.95. The van der Waals surface area contributed by atoms with Gasteiger partial charge in [0.1, 0.15) is 0 Å². The van der Waals surface area contributed by atoms with Crippen LogP contribution in [0.5, 0.6) is 0 Å². The van der Waals surface area contributed by atoms with Crippen LogP contribution in [0.4, 0.5) is 0 Å². The topological polar surface area (TPSA) is 38.7 Å². The average Bonchev–Trinajstić information content (AvgIpc) is 4.04. The van der Waals surface area contributed by atoms with Crippen molar-refractivity contribution < 1.29 is 0 Å². The molecule has 0 bridgehead atoms. The minimum absolute atomic E-state index is 0.439. The van der Waals surface area contributed by atoms with E-state index in [0.29, 0.717) is 17.5 Å². The van der Waals surface area contributed by atoms with Gasteiger partial charge in [-0.2, -0.15) is 0 Å². The van der Waals surface area contributed by atoms with E-state index in [1.54, 1.807) is 0 Å². The van der Waals surface area contributed by atoms with Crippen LogP contribution in [-0.2, 0) is 5.41 Å². The van der Waals surface area contributed by atoms with Gasteiger partial charge in [0.2, 0.25) is 0 Å². The van der Waals surface area contributed by atoms with E-state index in [-0.39, 0.29) is 0 Å². The lowest BCUT2D eigenvalue weighted by Crippen LogP contribution is -2.25. The maximum atomic E-state index is 4.98. The first-order valence-electron chi connectivity index (χ1n) is 23.2. The predicted octanol–water partition coefficient (Wildman–Crippen LogP) is 16.6. The first-order chi connectivity index (χ1) is 33.7. The van der Waals surface area contributed by atoms with Crippen LogP contribution >= 0.6 is 11.3 Å². The van der Waals surface area contributed by atoms with Crippen molar-refractivity contribution in [2.24, 2.45) is 0 Å². The first kappa shape index (κ1) is 38.7. The Bertz CT molecular complexity index is 3840. The van der Waals surface area contributed by atoms with Gasteiger partial charge in [-0.25, -0.2) is 15.0 Å². The number of rotatable bonds is 6. The summed E-state index contributed by atoms with van der Waals surface area (Å²) in [6, 6.07) is 86.1. The molecule has 1 spiro atoms. The monoisotopic (exact) mass is 881 g/mol. The molecule has 316 valence electrons. The maximum Gasteiger partial charge on any atom is 0.164 e. The molecule has 2 heterocycles. The van der Waals surface area contributed by atoms with Crippen LogP contribution in [0.1, 0.15) is 22.3 Å². The summed E-state index contributed by atoms with van der Waals surface area (Å²) >= 11 is 1.87. The second-order valence-corrected chi connectivity index (χ2v) is 18.9. The van der Waals surface area contributed by atoms with Crippen molar-refractivity contribution in [3.63, 3.8) is 0 Å². The lowest BCUT2D eigenvalue weighted by Gasteiger charge is -2.31. The summed E-state index contributed by atoms with van der Waals surface area (Å²) in [7, 11) is 0. The minimum Gasteiger partial charge on any atom is -0.208 e. The van der Waals surface area contributed by atoms with Crippen molar-refractivity contribution in [3.8, 4) is 89.8 Å². The van der Waals surface area contributed by atoms with Crippen molar-refractivity contribution in [3.05, 3.63) is 259 Å². The molecule has 2 aliphatic rings. The van der Waals surface area contributed by atoms with Gasteiger partial charge in [0.15, 0.2) is 17.5 Å². The molecule has 14 rings (SSSR count). The number of thiophene rings is 1. The fraction of sp³-hybridized carbons (Fsp3) is 0.0156. The molecule has 0 fully saturated rings. The van der Waals surface area contributed by atoms with Crippen LogP contribution in [0.2, 0.25) is 0 Å². The molecule has 4 heteroatoms. The molecule has 0 aliphatic heterocycles. The van der Waals surface area contributed by atoms with Crippen LogP contribution in [-0.4, -0.2) is 15.0 Å². The van der Waals surface area contributed by atoms with Crippen LogP contribution in [0.25, 0.3) is 110 Å². The summed E-state index contributed by atoms with van der Waals surface area (Å²) < 4.78 is 2.61. The molecule has 0 amide bonds. The molecular weight excluding hydrogens is 843 g/mol. The third-order valence-electron chi connectivity index (χ3n) is 14.2. The zero-order valence-corrected chi connectivity index (χ0v) is 37.6. The number of hydrogen-bond acceptors (Lipinski definition) is 4. The van der Waals surface area contributed by atoms with E-state index >= 15 is 0 Å². The Labute approximate surface area is 398 Å². The molecular formula is C64H39N3S. The quantitative estimate of drug-likeness (QED) is 0.167. The molecule has 0 unspecified atom stereocenters. The van der Waals surface area contributed by atoms with E-state index in [9.17, 15) is 0 Å². The van der Waals surface area contributed by atoms with Crippen molar-refractivity contribution in [2.75, 3.05) is 0 Å². The van der Waals surface area contributed by atoms with Crippen LogP contribution in [0.15, 0.2) is 237 Å². The molecule has 68 heavy (non-hydrogen) atoms. The number of benzene rings is 10. The Morgan fingerprint density at radius 2 is 0.662 bits per heavy atom. The summed E-state index contributed by atoms with van der Waals surface area (Å²) in [4.78, 5) is 14.8. The van der Waals surface area contributed by atoms with Gasteiger partial charge in [-0.15, -0.1) is 11.3 Å². The summed E-state index contributed by atoms with van der Waals surface area (Å²) in [6.45, 7) is 0. The molecule has 0 saturated heterocycles. The molecule has 0 saturated carbocycles. The Kier molecular flexibility index (Phi) is 8.67. The minimum atomic E-state index is -0.439. The summed E-state index contributed by atoms with van der Waals surface area (Å²) in [5, 5.41) is 2.62. The van der Waals surface area contributed by atoms with Crippen LogP contribution in [0.3, 0.4) is 0 Å². The van der Waals surface area contributed by atoms with E-state index in [0.717, 1.165) is 27.8 Å². The van der Waals surface area contributed by atoms with Crippen molar-refractivity contribution in [1.82, 2.24) is 15.0 Å². The third kappa shape index (κ3) is 5.88. The van der Waals surface area contributed by atoms with Gasteiger partial charge in [-0.05, 0) is 102 Å². The zero-order chi connectivity index (χ0) is 44.8. The number of aromatic nitrogens is 3. The Balaban J connectivity index is 0.908. The SMILES string of the molecule is c1ccc(-c2nc(-c3ccccc3)nc(-c3ccc(-c4ccc(-c5cc6c(cc5-c5ccc7c(c5)sc5ccccc57)-c5ccccc5C65c6ccccc6-c6ccccc65)cc4)cc3)n2)cc1. The largest absolute Gasteiger partial charge is 0.208 e. The van der Waals surface area contributed by atoms with E-state index in [2.05, 4.69) is 176 Å². The fourth-order valence-corrected chi connectivity index (χ4v) is 12.2. The van der Waals surface area contributed by atoms with Crippen molar-refractivity contribution >= 4 is 31.5 Å². The number of nitrogens with zero attached hydrogens (tertiary/aromatic N) is 3. The highest BCUT2D eigenvalue weighted by Gasteiger charge is 2.51. The van der Waals surface area contributed by atoms with Gasteiger partial charge in [-0.1, -0.05) is 212 Å². The van der Waals surface area contributed by atoms with E-state index in [4.69, 9.17) is 15.0 Å². The van der Waals surface area contributed by atoms with Gasteiger partial charge in [0.05, 0.1) is 5.41 Å².